The Morgan fingerprint density at radius 2 is 0.495 bits per heavy atom. The summed E-state index contributed by atoms with van der Waals surface area (Å²) in [5.41, 5.74) is 0. The zero-order valence-corrected chi connectivity index (χ0v) is 65.5. The maximum Gasteiger partial charge on any atom is 0.472 e. The summed E-state index contributed by atoms with van der Waals surface area (Å²) in [4.78, 5) is 72.8. The number of carbonyl (C=O) groups is 4. The van der Waals surface area contributed by atoms with Crippen LogP contribution in [0.4, 0.5) is 0 Å². The van der Waals surface area contributed by atoms with E-state index in [2.05, 4.69) is 55.4 Å². The van der Waals surface area contributed by atoms with E-state index >= 15 is 0 Å². The van der Waals surface area contributed by atoms with Crippen LogP contribution in [0.5, 0.6) is 0 Å². The number of rotatable bonds is 75. The molecule has 17 nitrogen and oxygen atoms in total. The Balaban J connectivity index is 5.20. The standard InChI is InChI=1S/C78H152O17P2/c1-9-70(7)56-48-40-31-25-19-15-11-13-17-21-27-33-42-50-58-75(80)88-64-73(94-78(83)61-53-45-35-29-23-24-30-38-46-54-68(3)4)66-92-96(84,85)90-62-72(79)63-91-97(86,87)93-67-74(65-89-76(81)59-51-43-37-36-39-47-55-69(5)6)95-77(82)60-52-44-34-28-22-18-14-12-16-20-26-32-41-49-57-71(8)10-2/h68-74,79H,9-67H2,1-8H3,(H,84,85)(H,86,87)/t70?,71?,72-,73-,74-/m1/s1. The van der Waals surface area contributed by atoms with Gasteiger partial charge in [-0.1, -0.05) is 344 Å². The number of ether oxygens (including phenoxy) is 4. The summed E-state index contributed by atoms with van der Waals surface area (Å²) in [6.45, 7) is 14.2. The minimum Gasteiger partial charge on any atom is -0.462 e. The van der Waals surface area contributed by atoms with Crippen molar-refractivity contribution in [2.24, 2.45) is 23.7 Å². The van der Waals surface area contributed by atoms with Gasteiger partial charge < -0.3 is 33.8 Å². The van der Waals surface area contributed by atoms with Crippen molar-refractivity contribution in [1.29, 1.82) is 0 Å². The number of aliphatic hydroxyl groups is 1. The predicted molar refractivity (Wildman–Crippen MR) is 395 cm³/mol. The molecule has 7 atom stereocenters. The quantitative estimate of drug-likeness (QED) is 0.0222. The third kappa shape index (κ3) is 69.5. The molecule has 0 saturated carbocycles. The van der Waals surface area contributed by atoms with Crippen molar-refractivity contribution in [3.05, 3.63) is 0 Å². The van der Waals surface area contributed by atoms with Crippen molar-refractivity contribution in [2.45, 2.75) is 414 Å². The van der Waals surface area contributed by atoms with Crippen LogP contribution in [-0.2, 0) is 65.4 Å². The summed E-state index contributed by atoms with van der Waals surface area (Å²) in [5.74, 6) is 0.991. The molecule has 0 aliphatic carbocycles. The van der Waals surface area contributed by atoms with E-state index < -0.39 is 97.5 Å². The van der Waals surface area contributed by atoms with Crippen LogP contribution in [0, 0.1) is 23.7 Å². The van der Waals surface area contributed by atoms with E-state index in [0.717, 1.165) is 114 Å². The summed E-state index contributed by atoms with van der Waals surface area (Å²) < 4.78 is 68.6. The fourth-order valence-corrected chi connectivity index (χ4v) is 13.4. The Bertz CT molecular complexity index is 1910. The molecular weight excluding hydrogens is 1270 g/mol. The minimum atomic E-state index is -4.96. The van der Waals surface area contributed by atoms with Gasteiger partial charge in [-0.15, -0.1) is 0 Å². The molecule has 0 aromatic carbocycles. The van der Waals surface area contributed by atoms with Gasteiger partial charge in [0.25, 0.3) is 0 Å². The van der Waals surface area contributed by atoms with Gasteiger partial charge in [-0.25, -0.2) is 9.13 Å². The second kappa shape index (κ2) is 67.2. The number of phosphoric acid groups is 2. The van der Waals surface area contributed by atoms with Crippen LogP contribution in [0.2, 0.25) is 0 Å². The van der Waals surface area contributed by atoms with Gasteiger partial charge in [0.2, 0.25) is 0 Å². The minimum absolute atomic E-state index is 0.105. The van der Waals surface area contributed by atoms with Crippen LogP contribution in [0.25, 0.3) is 0 Å². The van der Waals surface area contributed by atoms with Gasteiger partial charge in [-0.2, -0.15) is 0 Å². The number of unbranched alkanes of at least 4 members (excludes halogenated alkanes) is 39. The molecular formula is C78H152O17P2. The molecule has 0 bridgehead atoms. The lowest BCUT2D eigenvalue weighted by molar-refractivity contribution is -0.161. The third-order valence-electron chi connectivity index (χ3n) is 18.8. The molecule has 0 aromatic rings. The second-order valence-corrected chi connectivity index (χ2v) is 32.4. The highest BCUT2D eigenvalue weighted by atomic mass is 31.2. The summed E-state index contributed by atoms with van der Waals surface area (Å²) >= 11 is 0. The van der Waals surface area contributed by atoms with Crippen LogP contribution in [-0.4, -0.2) is 96.7 Å². The van der Waals surface area contributed by atoms with E-state index in [4.69, 9.17) is 37.0 Å². The average Bonchev–Trinajstić information content (AvgIpc) is 2.57. The molecule has 97 heavy (non-hydrogen) atoms. The SMILES string of the molecule is CCC(C)CCCCCCCCCCCCCCCCC(=O)OC[C@H](COP(=O)(O)OC[C@@H](O)COP(=O)(O)OC[C@@H](COC(=O)CCCCCCCCC(C)C)OC(=O)CCCCCCCCCCCCCCCCC(C)CC)OC(=O)CCCCCCCCCCCC(C)C. The summed E-state index contributed by atoms with van der Waals surface area (Å²) in [6, 6.07) is 0. The molecule has 0 saturated heterocycles. The van der Waals surface area contributed by atoms with E-state index in [1.807, 2.05) is 0 Å². The van der Waals surface area contributed by atoms with Crippen molar-refractivity contribution in [3.8, 4) is 0 Å². The molecule has 0 rings (SSSR count). The van der Waals surface area contributed by atoms with E-state index in [0.29, 0.717) is 31.6 Å². The first-order valence-electron chi connectivity index (χ1n) is 40.3. The molecule has 3 N–H and O–H groups in total. The van der Waals surface area contributed by atoms with Crippen LogP contribution in [0.1, 0.15) is 396 Å². The highest BCUT2D eigenvalue weighted by Gasteiger charge is 2.30. The first kappa shape index (κ1) is 95.1. The Morgan fingerprint density at radius 3 is 0.732 bits per heavy atom. The number of carbonyl (C=O) groups excluding carboxylic acids is 4. The lowest BCUT2D eigenvalue weighted by atomic mass is 9.99. The Labute approximate surface area is 594 Å². The Morgan fingerprint density at radius 1 is 0.289 bits per heavy atom. The van der Waals surface area contributed by atoms with Gasteiger partial charge in [-0.05, 0) is 49.4 Å². The number of esters is 4. The molecule has 19 heteroatoms. The first-order valence-corrected chi connectivity index (χ1v) is 43.3. The lowest BCUT2D eigenvalue weighted by Crippen LogP contribution is -2.30. The molecule has 4 unspecified atom stereocenters. The molecule has 0 spiro atoms. The van der Waals surface area contributed by atoms with Crippen LogP contribution < -0.4 is 0 Å². The molecule has 0 aliphatic rings. The van der Waals surface area contributed by atoms with Crippen molar-refractivity contribution in [1.82, 2.24) is 0 Å². The maximum atomic E-state index is 13.1. The van der Waals surface area contributed by atoms with Crippen molar-refractivity contribution in [3.63, 3.8) is 0 Å². The number of aliphatic hydroxyl groups excluding tert-OH is 1. The van der Waals surface area contributed by atoms with Gasteiger partial charge >= 0.3 is 39.5 Å². The molecule has 0 aromatic heterocycles. The Hall–Kier alpha value is -1.94. The van der Waals surface area contributed by atoms with Gasteiger partial charge in [0, 0.05) is 25.7 Å². The van der Waals surface area contributed by atoms with E-state index in [9.17, 15) is 43.2 Å². The largest absolute Gasteiger partial charge is 0.472 e. The maximum absolute atomic E-state index is 13.1. The normalized spacial score (nSPS) is 14.6. The van der Waals surface area contributed by atoms with Gasteiger partial charge in [-0.3, -0.25) is 37.3 Å². The monoisotopic (exact) mass is 1420 g/mol. The Kier molecular flexibility index (Phi) is 65.9. The molecule has 0 amide bonds. The summed E-state index contributed by atoms with van der Waals surface area (Å²) in [6.07, 6.45) is 52.8. The zero-order valence-electron chi connectivity index (χ0n) is 63.7. The smallest absolute Gasteiger partial charge is 0.462 e. The van der Waals surface area contributed by atoms with Crippen LogP contribution >= 0.6 is 15.6 Å². The van der Waals surface area contributed by atoms with Gasteiger partial charge in [0.1, 0.15) is 19.3 Å². The molecule has 0 aliphatic heterocycles. The van der Waals surface area contributed by atoms with Crippen molar-refractivity contribution in [2.75, 3.05) is 39.6 Å². The lowest BCUT2D eigenvalue weighted by Gasteiger charge is -2.21. The molecule has 576 valence electrons. The third-order valence-corrected chi connectivity index (χ3v) is 20.7. The fraction of sp³-hybridized carbons (Fsp3) is 0.949. The number of phosphoric ester groups is 2. The topological polar surface area (TPSA) is 237 Å². The van der Waals surface area contributed by atoms with Crippen molar-refractivity contribution >= 4 is 39.5 Å². The van der Waals surface area contributed by atoms with E-state index in [1.165, 1.54) is 193 Å². The first-order chi connectivity index (χ1) is 46.7. The van der Waals surface area contributed by atoms with Crippen LogP contribution in [0.15, 0.2) is 0 Å². The zero-order chi connectivity index (χ0) is 71.7. The average molecular weight is 1420 g/mol. The molecule has 0 radical (unpaired) electrons. The highest BCUT2D eigenvalue weighted by Crippen LogP contribution is 2.45. The van der Waals surface area contributed by atoms with E-state index in [-0.39, 0.29) is 25.7 Å². The van der Waals surface area contributed by atoms with Crippen molar-refractivity contribution < 1.29 is 80.2 Å². The summed E-state index contributed by atoms with van der Waals surface area (Å²) in [5, 5.41) is 10.6. The van der Waals surface area contributed by atoms with Gasteiger partial charge in [0.15, 0.2) is 12.2 Å². The van der Waals surface area contributed by atoms with Gasteiger partial charge in [0.05, 0.1) is 26.4 Å². The highest BCUT2D eigenvalue weighted by molar-refractivity contribution is 7.47. The predicted octanol–water partition coefficient (Wildman–Crippen LogP) is 22.8. The van der Waals surface area contributed by atoms with E-state index in [1.54, 1.807) is 0 Å². The summed E-state index contributed by atoms with van der Waals surface area (Å²) in [7, 11) is -9.92. The molecule has 0 fully saturated rings. The number of hydrogen-bond acceptors (Lipinski definition) is 15. The fourth-order valence-electron chi connectivity index (χ4n) is 11.8. The second-order valence-electron chi connectivity index (χ2n) is 29.5. The number of hydrogen-bond donors (Lipinski definition) is 3. The van der Waals surface area contributed by atoms with Crippen LogP contribution in [0.3, 0.4) is 0 Å². The molecule has 0 heterocycles.